The molecule has 5 nitrogen and oxygen atoms in total. The number of piperidine rings is 1. The summed E-state index contributed by atoms with van der Waals surface area (Å²) < 4.78 is 5.50. The molecule has 0 spiro atoms. The molecule has 1 aromatic rings. The van der Waals surface area contributed by atoms with Crippen LogP contribution < -0.4 is 0 Å². The predicted molar refractivity (Wildman–Crippen MR) is 73.7 cm³/mol. The van der Waals surface area contributed by atoms with E-state index in [2.05, 4.69) is 0 Å². The number of furan rings is 1. The van der Waals surface area contributed by atoms with Crippen LogP contribution in [0, 0.1) is 13.8 Å². The average molecular weight is 279 g/mol. The number of likely N-dealkylation sites (tertiary alicyclic amines) is 1. The molecule has 1 aromatic heterocycles. The van der Waals surface area contributed by atoms with E-state index in [-0.39, 0.29) is 18.4 Å². The topological polar surface area (TPSA) is 70.8 Å². The van der Waals surface area contributed by atoms with Crippen molar-refractivity contribution >= 4 is 11.9 Å². The van der Waals surface area contributed by atoms with Gasteiger partial charge in [0, 0.05) is 24.6 Å². The van der Waals surface area contributed by atoms with Gasteiger partial charge in [0.05, 0.1) is 0 Å². The van der Waals surface area contributed by atoms with Crippen LogP contribution in [-0.2, 0) is 4.79 Å². The molecule has 0 bridgehead atoms. The maximum absolute atomic E-state index is 12.6. The Morgan fingerprint density at radius 1 is 1.40 bits per heavy atom. The molecule has 2 rings (SSSR count). The Bertz CT molecular complexity index is 506. The number of nitrogens with zero attached hydrogens (tertiary/aromatic N) is 1. The van der Waals surface area contributed by atoms with Gasteiger partial charge in [-0.15, -0.1) is 0 Å². The van der Waals surface area contributed by atoms with Gasteiger partial charge < -0.3 is 14.4 Å². The van der Waals surface area contributed by atoms with Gasteiger partial charge in [-0.05, 0) is 45.6 Å². The first-order valence-corrected chi connectivity index (χ1v) is 7.09. The third kappa shape index (κ3) is 3.21. The molecule has 0 aliphatic carbocycles. The molecule has 5 heteroatoms. The first kappa shape index (κ1) is 14.6. The second kappa shape index (κ2) is 6.11. The summed E-state index contributed by atoms with van der Waals surface area (Å²) in [5.74, 6) is 0.202. The number of carboxylic acid groups (broad SMARTS) is 1. The largest absolute Gasteiger partial charge is 0.481 e. The number of hydrogen-bond acceptors (Lipinski definition) is 3. The van der Waals surface area contributed by atoms with Crippen molar-refractivity contribution in [2.24, 2.45) is 0 Å². The third-order valence-electron chi connectivity index (χ3n) is 3.81. The molecule has 110 valence electrons. The number of hydrogen-bond donors (Lipinski definition) is 1. The molecular weight excluding hydrogens is 258 g/mol. The highest BCUT2D eigenvalue weighted by Crippen LogP contribution is 2.25. The van der Waals surface area contributed by atoms with Crippen molar-refractivity contribution in [3.05, 3.63) is 23.2 Å². The van der Waals surface area contributed by atoms with Crippen molar-refractivity contribution in [2.75, 3.05) is 6.54 Å². The molecule has 0 aromatic carbocycles. The van der Waals surface area contributed by atoms with Gasteiger partial charge in [-0.1, -0.05) is 0 Å². The molecule has 1 fully saturated rings. The first-order chi connectivity index (χ1) is 9.49. The minimum absolute atomic E-state index is 0.0113. The molecule has 20 heavy (non-hydrogen) atoms. The van der Waals surface area contributed by atoms with Crippen LogP contribution in [0.1, 0.15) is 54.0 Å². The van der Waals surface area contributed by atoms with E-state index in [9.17, 15) is 9.59 Å². The minimum atomic E-state index is -0.812. The number of carboxylic acids is 1. The molecule has 1 aliphatic heterocycles. The van der Waals surface area contributed by atoms with Crippen molar-refractivity contribution in [1.82, 2.24) is 4.90 Å². The number of aryl methyl sites for hydroxylation is 2. The van der Waals surface area contributed by atoms with Crippen molar-refractivity contribution in [1.29, 1.82) is 0 Å². The number of amides is 1. The van der Waals surface area contributed by atoms with Gasteiger partial charge in [0.2, 0.25) is 0 Å². The van der Waals surface area contributed by atoms with E-state index in [1.54, 1.807) is 4.90 Å². The SMILES string of the molecule is Cc1cc(C)c(C(=O)N2CCCCC2CCC(=O)O)o1. The molecule has 1 saturated heterocycles. The maximum atomic E-state index is 12.6. The summed E-state index contributed by atoms with van der Waals surface area (Å²) in [7, 11) is 0. The fourth-order valence-electron chi connectivity index (χ4n) is 2.84. The number of carbonyl (C=O) groups excluding carboxylic acids is 1. The average Bonchev–Trinajstić information content (AvgIpc) is 2.75. The Labute approximate surface area is 118 Å². The molecule has 1 atom stereocenters. The summed E-state index contributed by atoms with van der Waals surface area (Å²) in [6.07, 6.45) is 3.50. The highest BCUT2D eigenvalue weighted by atomic mass is 16.4. The lowest BCUT2D eigenvalue weighted by atomic mass is 9.97. The lowest BCUT2D eigenvalue weighted by Crippen LogP contribution is -2.44. The molecule has 1 unspecified atom stereocenters. The van der Waals surface area contributed by atoms with Crippen molar-refractivity contribution in [3.63, 3.8) is 0 Å². The van der Waals surface area contributed by atoms with E-state index in [1.807, 2.05) is 19.9 Å². The molecule has 2 heterocycles. The van der Waals surface area contributed by atoms with Crippen LogP contribution in [-0.4, -0.2) is 34.5 Å². The molecule has 1 aliphatic rings. The summed E-state index contributed by atoms with van der Waals surface area (Å²) in [4.78, 5) is 25.1. The normalized spacial score (nSPS) is 19.1. The van der Waals surface area contributed by atoms with E-state index in [4.69, 9.17) is 9.52 Å². The standard InChI is InChI=1S/C15H21NO4/c1-10-9-11(2)20-14(10)15(19)16-8-4-3-5-12(16)6-7-13(17)18/h9,12H,3-8H2,1-2H3,(H,17,18). The monoisotopic (exact) mass is 279 g/mol. The van der Waals surface area contributed by atoms with Crippen LogP contribution in [0.3, 0.4) is 0 Å². The fraction of sp³-hybridized carbons (Fsp3) is 0.600. The summed E-state index contributed by atoms with van der Waals surface area (Å²) in [6.45, 7) is 4.37. The van der Waals surface area contributed by atoms with Crippen molar-refractivity contribution < 1.29 is 19.1 Å². The Balaban J connectivity index is 2.12. The summed E-state index contributed by atoms with van der Waals surface area (Å²) >= 11 is 0. The first-order valence-electron chi connectivity index (χ1n) is 7.09. The van der Waals surface area contributed by atoms with E-state index in [0.717, 1.165) is 30.6 Å². The lowest BCUT2D eigenvalue weighted by Gasteiger charge is -2.35. The second-order valence-electron chi connectivity index (χ2n) is 5.45. The van der Waals surface area contributed by atoms with Crippen molar-refractivity contribution in [2.45, 2.75) is 52.0 Å². The molecule has 0 saturated carbocycles. The van der Waals surface area contributed by atoms with Crippen LogP contribution in [0.2, 0.25) is 0 Å². The number of rotatable bonds is 4. The quantitative estimate of drug-likeness (QED) is 0.920. The van der Waals surface area contributed by atoms with Crippen molar-refractivity contribution in [3.8, 4) is 0 Å². The lowest BCUT2D eigenvalue weighted by molar-refractivity contribution is -0.137. The predicted octanol–water partition coefficient (Wildman–Crippen LogP) is 2.76. The maximum Gasteiger partial charge on any atom is 0.303 e. The second-order valence-corrected chi connectivity index (χ2v) is 5.45. The molecular formula is C15H21NO4. The van der Waals surface area contributed by atoms with Gasteiger partial charge in [-0.3, -0.25) is 9.59 Å². The number of carbonyl (C=O) groups is 2. The smallest absolute Gasteiger partial charge is 0.303 e. The van der Waals surface area contributed by atoms with Gasteiger partial charge >= 0.3 is 5.97 Å². The summed E-state index contributed by atoms with van der Waals surface area (Å²) in [6, 6.07) is 1.86. The fourth-order valence-corrected chi connectivity index (χ4v) is 2.84. The minimum Gasteiger partial charge on any atom is -0.481 e. The van der Waals surface area contributed by atoms with E-state index < -0.39 is 5.97 Å². The zero-order valence-electron chi connectivity index (χ0n) is 12.0. The van der Waals surface area contributed by atoms with Crippen LogP contribution in [0.5, 0.6) is 0 Å². The van der Waals surface area contributed by atoms with Crippen LogP contribution in [0.15, 0.2) is 10.5 Å². The Morgan fingerprint density at radius 3 is 2.75 bits per heavy atom. The Hall–Kier alpha value is -1.78. The van der Waals surface area contributed by atoms with E-state index in [0.29, 0.717) is 18.7 Å². The Morgan fingerprint density at radius 2 is 2.15 bits per heavy atom. The summed E-state index contributed by atoms with van der Waals surface area (Å²) in [5.41, 5.74) is 0.843. The Kier molecular flexibility index (Phi) is 4.47. The van der Waals surface area contributed by atoms with Gasteiger partial charge in [-0.25, -0.2) is 0 Å². The zero-order chi connectivity index (χ0) is 14.7. The van der Waals surface area contributed by atoms with Gasteiger partial charge in [-0.2, -0.15) is 0 Å². The van der Waals surface area contributed by atoms with Gasteiger partial charge in [0.15, 0.2) is 5.76 Å². The van der Waals surface area contributed by atoms with Gasteiger partial charge in [0.1, 0.15) is 5.76 Å². The van der Waals surface area contributed by atoms with Crippen LogP contribution in [0.25, 0.3) is 0 Å². The third-order valence-corrected chi connectivity index (χ3v) is 3.81. The zero-order valence-corrected chi connectivity index (χ0v) is 12.0. The van der Waals surface area contributed by atoms with Crippen LogP contribution >= 0.6 is 0 Å². The molecule has 1 amide bonds. The molecule has 1 N–H and O–H groups in total. The van der Waals surface area contributed by atoms with E-state index in [1.165, 1.54) is 0 Å². The highest BCUT2D eigenvalue weighted by Gasteiger charge is 2.30. The summed E-state index contributed by atoms with van der Waals surface area (Å²) in [5, 5.41) is 8.81. The number of aliphatic carboxylic acids is 1. The highest BCUT2D eigenvalue weighted by molar-refractivity contribution is 5.93. The van der Waals surface area contributed by atoms with Gasteiger partial charge in [0.25, 0.3) is 5.91 Å². The van der Waals surface area contributed by atoms with E-state index >= 15 is 0 Å². The molecule has 0 radical (unpaired) electrons. The van der Waals surface area contributed by atoms with Crippen LogP contribution in [0.4, 0.5) is 0 Å².